The van der Waals surface area contributed by atoms with Gasteiger partial charge >= 0.3 is 0 Å². The molecule has 39 heavy (non-hydrogen) atoms. The van der Waals surface area contributed by atoms with Crippen molar-refractivity contribution in [3.8, 4) is 28.7 Å². The van der Waals surface area contributed by atoms with Gasteiger partial charge in [0.25, 0.3) is 0 Å². The third-order valence-corrected chi connectivity index (χ3v) is 8.95. The van der Waals surface area contributed by atoms with E-state index in [2.05, 4.69) is 30.6 Å². The fourth-order valence-electron chi connectivity index (χ4n) is 7.09. The summed E-state index contributed by atoms with van der Waals surface area (Å²) in [5.41, 5.74) is 4.85. The predicted molar refractivity (Wildman–Crippen MR) is 149 cm³/mol. The van der Waals surface area contributed by atoms with Crippen molar-refractivity contribution in [2.45, 2.75) is 69.6 Å². The van der Waals surface area contributed by atoms with E-state index in [1.165, 1.54) is 6.07 Å². The number of allylic oxidation sites excluding steroid dienone is 3. The monoisotopic (exact) mass is 520 g/mol. The lowest BCUT2D eigenvalue weighted by molar-refractivity contribution is 0.105. The minimum absolute atomic E-state index is 0.0933. The number of aliphatic hydroxyl groups is 1. The second-order valence-electron chi connectivity index (χ2n) is 11.3. The third-order valence-electron chi connectivity index (χ3n) is 8.95. The average Bonchev–Trinajstić information content (AvgIpc) is 3.80. The molecule has 1 fully saturated rings. The van der Waals surface area contributed by atoms with Crippen LogP contribution in [0, 0.1) is 29.0 Å². The Balaban J connectivity index is 1.63. The first-order valence-electron chi connectivity index (χ1n) is 14.1. The van der Waals surface area contributed by atoms with Gasteiger partial charge < -0.3 is 5.11 Å². The molecule has 198 valence electrons. The van der Waals surface area contributed by atoms with Crippen molar-refractivity contribution in [2.75, 3.05) is 0 Å². The lowest BCUT2D eigenvalue weighted by Crippen LogP contribution is -2.48. The molecule has 0 spiro atoms. The predicted octanol–water partition coefficient (Wildman–Crippen LogP) is 7.75. The van der Waals surface area contributed by atoms with E-state index < -0.39 is 5.41 Å². The van der Waals surface area contributed by atoms with Crippen LogP contribution in [0.5, 0.6) is 0 Å². The topological polar surface area (TPSA) is 82.7 Å². The fraction of sp³-hybridized carbons (Fsp3) is 0.394. The van der Waals surface area contributed by atoms with Crippen LogP contribution >= 0.6 is 0 Å². The summed E-state index contributed by atoms with van der Waals surface area (Å²) in [6.45, 7) is 6.10. The number of aliphatic hydroxyl groups excluding tert-OH is 1. The quantitative estimate of drug-likeness (QED) is 0.322. The summed E-state index contributed by atoms with van der Waals surface area (Å²) in [7, 11) is 0. The number of nitriles is 1. The van der Waals surface area contributed by atoms with Gasteiger partial charge in [0.15, 0.2) is 5.82 Å². The molecule has 0 unspecified atom stereocenters. The molecule has 3 aliphatic carbocycles. The van der Waals surface area contributed by atoms with Crippen molar-refractivity contribution in [3.05, 3.63) is 89.4 Å². The molecule has 2 aromatic heterocycles. The standard InChI is InChI=1S/C33H33FN4O/c1-3-7-23-26-13-12-25-29(24-8-5-6-9-27(24)34)37-32(21-14-16-36-28(17-21)20-10-11-20)38-31(25)33(26,15-4-2)18-22(19-35)30(23)39/h3,5-6,8-9,14,16-17,20,23,26,39H,1,4,7,10-13,15,18H2,2H3/t23-,26-,33-/m1/s1. The first-order chi connectivity index (χ1) is 19.0. The van der Waals surface area contributed by atoms with Gasteiger partial charge in [-0.3, -0.25) is 4.98 Å². The van der Waals surface area contributed by atoms with Crippen LogP contribution in [0.2, 0.25) is 0 Å². The second kappa shape index (κ2) is 10.0. The van der Waals surface area contributed by atoms with Gasteiger partial charge in [-0.05, 0) is 75.1 Å². The van der Waals surface area contributed by atoms with Gasteiger partial charge in [0, 0.05) is 45.8 Å². The SMILES string of the molecule is C=CC[C@H]1C(O)=C(C#N)C[C@@]2(CCC)c3nc(-c4ccnc(C5CC5)c4)nc(-c4ccccc4F)c3CC[C@H]12. The van der Waals surface area contributed by atoms with E-state index in [0.717, 1.165) is 54.6 Å². The van der Waals surface area contributed by atoms with E-state index >= 15 is 4.39 Å². The number of pyridine rings is 1. The molecule has 0 radical (unpaired) electrons. The largest absolute Gasteiger partial charge is 0.511 e. The maximum Gasteiger partial charge on any atom is 0.160 e. The average molecular weight is 521 g/mol. The Labute approximate surface area is 229 Å². The molecule has 6 heteroatoms. The Hall–Kier alpha value is -3.85. The summed E-state index contributed by atoms with van der Waals surface area (Å²) in [5.74, 6) is 0.829. The summed E-state index contributed by atoms with van der Waals surface area (Å²) >= 11 is 0. The molecule has 3 aromatic rings. The maximum absolute atomic E-state index is 15.3. The molecule has 1 aromatic carbocycles. The molecule has 0 amide bonds. The van der Waals surface area contributed by atoms with Crippen molar-refractivity contribution in [2.24, 2.45) is 11.8 Å². The van der Waals surface area contributed by atoms with Crippen LogP contribution in [-0.2, 0) is 11.8 Å². The molecule has 0 saturated heterocycles. The summed E-state index contributed by atoms with van der Waals surface area (Å²) in [4.78, 5) is 14.9. The summed E-state index contributed by atoms with van der Waals surface area (Å²) in [5, 5.41) is 21.2. The van der Waals surface area contributed by atoms with Gasteiger partial charge in [-0.15, -0.1) is 6.58 Å². The highest BCUT2D eigenvalue weighted by Gasteiger charge is 2.53. The molecule has 0 bridgehead atoms. The molecule has 0 aliphatic heterocycles. The highest BCUT2D eigenvalue weighted by molar-refractivity contribution is 5.70. The van der Waals surface area contributed by atoms with Crippen molar-refractivity contribution in [1.82, 2.24) is 15.0 Å². The Kier molecular flexibility index (Phi) is 6.54. The van der Waals surface area contributed by atoms with Gasteiger partial charge in [0.1, 0.15) is 11.6 Å². The van der Waals surface area contributed by atoms with E-state index in [1.54, 1.807) is 12.1 Å². The van der Waals surface area contributed by atoms with Crippen LogP contribution < -0.4 is 0 Å². The molecule has 5 nitrogen and oxygen atoms in total. The zero-order valence-electron chi connectivity index (χ0n) is 22.3. The van der Waals surface area contributed by atoms with Crippen molar-refractivity contribution < 1.29 is 9.50 Å². The Morgan fingerprint density at radius 3 is 2.74 bits per heavy atom. The molecule has 1 saturated carbocycles. The highest BCUT2D eigenvalue weighted by atomic mass is 19.1. The maximum atomic E-state index is 15.3. The molecule has 3 aliphatic rings. The first kappa shape index (κ1) is 25.4. The van der Waals surface area contributed by atoms with Crippen molar-refractivity contribution >= 4 is 0 Å². The number of fused-ring (bicyclic) bond motifs is 3. The molecular formula is C33H33FN4O. The van der Waals surface area contributed by atoms with Gasteiger partial charge in [-0.25, -0.2) is 14.4 Å². The number of benzene rings is 1. The second-order valence-corrected chi connectivity index (χ2v) is 11.3. The summed E-state index contributed by atoms with van der Waals surface area (Å²) < 4.78 is 15.3. The van der Waals surface area contributed by atoms with Crippen LogP contribution in [0.4, 0.5) is 4.39 Å². The van der Waals surface area contributed by atoms with Crippen LogP contribution in [0.15, 0.2) is 66.6 Å². The number of rotatable bonds is 7. The lowest BCUT2D eigenvalue weighted by atomic mass is 9.53. The van der Waals surface area contributed by atoms with Crippen LogP contribution in [0.25, 0.3) is 22.6 Å². The molecule has 1 N–H and O–H groups in total. The van der Waals surface area contributed by atoms with Gasteiger partial charge in [-0.1, -0.05) is 31.6 Å². The third kappa shape index (κ3) is 4.25. The number of nitrogens with zero attached hydrogens (tertiary/aromatic N) is 4. The van der Waals surface area contributed by atoms with Gasteiger partial charge in [0.2, 0.25) is 0 Å². The zero-order valence-corrected chi connectivity index (χ0v) is 22.3. The molecule has 3 atom stereocenters. The van der Waals surface area contributed by atoms with Gasteiger partial charge in [-0.2, -0.15) is 5.26 Å². The van der Waals surface area contributed by atoms with E-state index in [9.17, 15) is 10.4 Å². The van der Waals surface area contributed by atoms with Gasteiger partial charge in [0.05, 0.1) is 23.0 Å². The fourth-order valence-corrected chi connectivity index (χ4v) is 7.09. The van der Waals surface area contributed by atoms with E-state index in [-0.39, 0.29) is 23.4 Å². The van der Waals surface area contributed by atoms with Crippen LogP contribution in [0.3, 0.4) is 0 Å². The van der Waals surface area contributed by atoms with Crippen LogP contribution in [0.1, 0.15) is 74.7 Å². The van der Waals surface area contributed by atoms with Crippen molar-refractivity contribution in [1.29, 1.82) is 5.26 Å². The number of hydrogen-bond acceptors (Lipinski definition) is 5. The molecular weight excluding hydrogens is 487 g/mol. The smallest absolute Gasteiger partial charge is 0.160 e. The van der Waals surface area contributed by atoms with E-state index in [1.807, 2.05) is 24.4 Å². The first-order valence-corrected chi connectivity index (χ1v) is 14.1. The van der Waals surface area contributed by atoms with Crippen molar-refractivity contribution in [3.63, 3.8) is 0 Å². The number of hydrogen-bond donors (Lipinski definition) is 1. The normalized spacial score (nSPS) is 24.0. The highest BCUT2D eigenvalue weighted by Crippen LogP contribution is 2.57. The Bertz CT molecular complexity index is 1520. The Morgan fingerprint density at radius 2 is 2.03 bits per heavy atom. The van der Waals surface area contributed by atoms with E-state index in [4.69, 9.17) is 9.97 Å². The minimum Gasteiger partial charge on any atom is -0.511 e. The zero-order chi connectivity index (χ0) is 27.1. The lowest BCUT2D eigenvalue weighted by Gasteiger charge is -2.51. The summed E-state index contributed by atoms with van der Waals surface area (Å²) in [6, 6.07) is 13.1. The molecule has 6 rings (SSSR count). The Morgan fingerprint density at radius 1 is 1.21 bits per heavy atom. The minimum atomic E-state index is -0.461. The van der Waals surface area contributed by atoms with E-state index in [0.29, 0.717) is 47.8 Å². The molecule has 2 heterocycles. The number of halogens is 1. The van der Waals surface area contributed by atoms with Crippen LogP contribution in [-0.4, -0.2) is 20.1 Å². The summed E-state index contributed by atoms with van der Waals surface area (Å²) in [6.07, 6.45) is 10.1. The number of aromatic nitrogens is 3.